The molecule has 1 aromatic rings. The van der Waals surface area contributed by atoms with Crippen LogP contribution < -0.4 is 4.90 Å². The number of rotatable bonds is 2. The van der Waals surface area contributed by atoms with Crippen molar-refractivity contribution in [3.8, 4) is 0 Å². The lowest BCUT2D eigenvalue weighted by Crippen LogP contribution is -2.33. The molecular formula is C14H18N2O2. The molecular weight excluding hydrogens is 228 g/mol. The van der Waals surface area contributed by atoms with Gasteiger partial charge in [0, 0.05) is 51.3 Å². The van der Waals surface area contributed by atoms with Gasteiger partial charge in [0.05, 0.1) is 0 Å². The van der Waals surface area contributed by atoms with Gasteiger partial charge in [0.15, 0.2) is 0 Å². The molecule has 0 bridgehead atoms. The van der Waals surface area contributed by atoms with Gasteiger partial charge >= 0.3 is 0 Å². The van der Waals surface area contributed by atoms with Crippen LogP contribution in [0.4, 0.5) is 5.69 Å². The average molecular weight is 246 g/mol. The molecule has 0 unspecified atom stereocenters. The molecule has 1 aliphatic heterocycles. The number of Topliss-reactive ketones (excluding diaryl/α,β-unsaturated/α-hetero) is 1. The Morgan fingerprint density at radius 2 is 1.67 bits per heavy atom. The van der Waals surface area contributed by atoms with Crippen LogP contribution in [0.1, 0.15) is 23.2 Å². The molecule has 0 aliphatic carbocycles. The molecule has 0 spiro atoms. The highest BCUT2D eigenvalue weighted by Crippen LogP contribution is 2.19. The molecule has 0 N–H and O–H groups in total. The van der Waals surface area contributed by atoms with Crippen molar-refractivity contribution in [2.45, 2.75) is 12.8 Å². The molecule has 1 fully saturated rings. The zero-order valence-electron chi connectivity index (χ0n) is 10.8. The van der Waals surface area contributed by atoms with Crippen LogP contribution in [-0.2, 0) is 4.79 Å². The summed E-state index contributed by atoms with van der Waals surface area (Å²) in [4.78, 5) is 26.7. The van der Waals surface area contributed by atoms with Crippen LogP contribution in [0.5, 0.6) is 0 Å². The Morgan fingerprint density at radius 1 is 1.11 bits per heavy atom. The van der Waals surface area contributed by atoms with Crippen LogP contribution in [0, 0.1) is 0 Å². The molecule has 0 aromatic heterocycles. The third-order valence-electron chi connectivity index (χ3n) is 3.21. The normalized spacial score (nSPS) is 15.7. The van der Waals surface area contributed by atoms with Crippen molar-refractivity contribution in [3.05, 3.63) is 29.8 Å². The van der Waals surface area contributed by atoms with E-state index in [1.165, 1.54) is 0 Å². The van der Waals surface area contributed by atoms with Gasteiger partial charge in [0.1, 0.15) is 5.78 Å². The van der Waals surface area contributed by atoms with Crippen molar-refractivity contribution in [1.29, 1.82) is 0 Å². The number of benzene rings is 1. The number of piperidine rings is 1. The number of nitrogens with zero attached hydrogens (tertiary/aromatic N) is 2. The fourth-order valence-corrected chi connectivity index (χ4v) is 2.09. The van der Waals surface area contributed by atoms with Gasteiger partial charge in [0.2, 0.25) is 0 Å². The molecule has 1 aromatic carbocycles. The minimum Gasteiger partial charge on any atom is -0.371 e. The third-order valence-corrected chi connectivity index (χ3v) is 3.21. The molecule has 1 aliphatic rings. The Kier molecular flexibility index (Phi) is 3.65. The SMILES string of the molecule is CN(C)C(=O)c1ccc(N2CCC(=O)CC2)cc1. The maximum atomic E-state index is 11.7. The lowest BCUT2D eigenvalue weighted by molar-refractivity contribution is -0.119. The Bertz CT molecular complexity index is 441. The fourth-order valence-electron chi connectivity index (χ4n) is 2.09. The van der Waals surface area contributed by atoms with Crippen molar-refractivity contribution >= 4 is 17.4 Å². The van der Waals surface area contributed by atoms with Gasteiger partial charge in [0.25, 0.3) is 5.91 Å². The highest BCUT2D eigenvalue weighted by Gasteiger charge is 2.16. The molecule has 0 atom stereocenters. The van der Waals surface area contributed by atoms with Gasteiger partial charge in [-0.2, -0.15) is 0 Å². The van der Waals surface area contributed by atoms with Crippen LogP contribution in [0.3, 0.4) is 0 Å². The Balaban J connectivity index is 2.08. The Hall–Kier alpha value is -1.84. The average Bonchev–Trinajstić information content (AvgIpc) is 2.39. The maximum absolute atomic E-state index is 11.7. The molecule has 1 amide bonds. The molecule has 96 valence electrons. The number of hydrogen-bond donors (Lipinski definition) is 0. The molecule has 2 rings (SSSR count). The van der Waals surface area contributed by atoms with Crippen LogP contribution in [0.2, 0.25) is 0 Å². The number of anilines is 1. The highest BCUT2D eigenvalue weighted by atomic mass is 16.2. The van der Waals surface area contributed by atoms with E-state index in [1.807, 2.05) is 24.3 Å². The largest absolute Gasteiger partial charge is 0.371 e. The monoisotopic (exact) mass is 246 g/mol. The summed E-state index contributed by atoms with van der Waals surface area (Å²) < 4.78 is 0. The van der Waals surface area contributed by atoms with Crippen LogP contribution in [-0.4, -0.2) is 43.8 Å². The smallest absolute Gasteiger partial charge is 0.253 e. The van der Waals surface area contributed by atoms with E-state index in [4.69, 9.17) is 0 Å². The van der Waals surface area contributed by atoms with Crippen LogP contribution in [0.25, 0.3) is 0 Å². The zero-order chi connectivity index (χ0) is 13.1. The molecule has 0 saturated carbocycles. The first-order valence-corrected chi connectivity index (χ1v) is 6.16. The zero-order valence-corrected chi connectivity index (χ0v) is 10.8. The lowest BCUT2D eigenvalue weighted by atomic mass is 10.1. The van der Waals surface area contributed by atoms with Crippen molar-refractivity contribution in [2.24, 2.45) is 0 Å². The summed E-state index contributed by atoms with van der Waals surface area (Å²) in [5.41, 5.74) is 1.77. The minimum atomic E-state index is 0.00960. The van der Waals surface area contributed by atoms with Crippen LogP contribution >= 0.6 is 0 Å². The van der Waals surface area contributed by atoms with E-state index in [0.29, 0.717) is 24.2 Å². The van der Waals surface area contributed by atoms with Gasteiger partial charge in [-0.3, -0.25) is 9.59 Å². The summed E-state index contributed by atoms with van der Waals surface area (Å²) in [6.07, 6.45) is 1.25. The predicted molar refractivity (Wildman–Crippen MR) is 70.9 cm³/mol. The molecule has 4 heteroatoms. The van der Waals surface area contributed by atoms with E-state index < -0.39 is 0 Å². The summed E-state index contributed by atoms with van der Waals surface area (Å²) >= 11 is 0. The number of carbonyl (C=O) groups excluding carboxylic acids is 2. The number of ketones is 1. The van der Waals surface area contributed by atoms with Gasteiger partial charge in [-0.15, -0.1) is 0 Å². The first kappa shape index (κ1) is 12.6. The quantitative estimate of drug-likeness (QED) is 0.795. The van der Waals surface area contributed by atoms with E-state index in [-0.39, 0.29) is 5.91 Å². The first-order chi connectivity index (χ1) is 8.58. The van der Waals surface area contributed by atoms with Crippen molar-refractivity contribution in [3.63, 3.8) is 0 Å². The fraction of sp³-hybridized carbons (Fsp3) is 0.429. The highest BCUT2D eigenvalue weighted by molar-refractivity contribution is 5.94. The summed E-state index contributed by atoms with van der Waals surface area (Å²) in [6.45, 7) is 1.56. The molecule has 18 heavy (non-hydrogen) atoms. The van der Waals surface area contributed by atoms with Crippen LogP contribution in [0.15, 0.2) is 24.3 Å². The van der Waals surface area contributed by atoms with Crippen molar-refractivity contribution < 1.29 is 9.59 Å². The second-order valence-electron chi connectivity index (χ2n) is 4.77. The third kappa shape index (κ3) is 2.70. The molecule has 4 nitrogen and oxygen atoms in total. The molecule has 1 heterocycles. The van der Waals surface area contributed by atoms with Gasteiger partial charge in [-0.25, -0.2) is 0 Å². The molecule has 0 radical (unpaired) electrons. The second-order valence-corrected chi connectivity index (χ2v) is 4.77. The van der Waals surface area contributed by atoms with Gasteiger partial charge in [-0.1, -0.05) is 0 Å². The summed E-state index contributed by atoms with van der Waals surface area (Å²) in [5, 5.41) is 0. The van der Waals surface area contributed by atoms with E-state index in [2.05, 4.69) is 4.90 Å². The van der Waals surface area contributed by atoms with Crippen molar-refractivity contribution in [2.75, 3.05) is 32.1 Å². The summed E-state index contributed by atoms with van der Waals surface area (Å²) in [5.74, 6) is 0.348. The van der Waals surface area contributed by atoms with E-state index >= 15 is 0 Å². The minimum absolute atomic E-state index is 0.00960. The second kappa shape index (κ2) is 5.21. The molecule has 1 saturated heterocycles. The van der Waals surface area contributed by atoms with E-state index in [1.54, 1.807) is 19.0 Å². The van der Waals surface area contributed by atoms with Gasteiger partial charge in [-0.05, 0) is 24.3 Å². The van der Waals surface area contributed by atoms with E-state index in [0.717, 1.165) is 18.8 Å². The number of amides is 1. The van der Waals surface area contributed by atoms with Crippen molar-refractivity contribution in [1.82, 2.24) is 4.90 Å². The van der Waals surface area contributed by atoms with E-state index in [9.17, 15) is 9.59 Å². The lowest BCUT2D eigenvalue weighted by Gasteiger charge is -2.28. The first-order valence-electron chi connectivity index (χ1n) is 6.16. The summed E-state index contributed by atoms with van der Waals surface area (Å²) in [6, 6.07) is 7.58. The number of carbonyl (C=O) groups is 2. The summed E-state index contributed by atoms with van der Waals surface area (Å²) in [7, 11) is 3.49. The topological polar surface area (TPSA) is 40.6 Å². The van der Waals surface area contributed by atoms with Gasteiger partial charge < -0.3 is 9.80 Å². The predicted octanol–water partition coefficient (Wildman–Crippen LogP) is 1.56. The standard InChI is InChI=1S/C14H18N2O2/c1-15(2)14(18)11-3-5-12(6-4-11)16-9-7-13(17)8-10-16/h3-6H,7-10H2,1-2H3. The Morgan fingerprint density at radius 3 is 2.17 bits per heavy atom. The maximum Gasteiger partial charge on any atom is 0.253 e. The number of hydrogen-bond acceptors (Lipinski definition) is 3. The Labute approximate surface area is 107 Å².